The zero-order valence-corrected chi connectivity index (χ0v) is 13.0. The van der Waals surface area contributed by atoms with Crippen LogP contribution < -0.4 is 5.32 Å². The molecule has 0 saturated heterocycles. The zero-order chi connectivity index (χ0) is 14.3. The SMILES string of the molecule is CCCCCCCCOC(=O)CNCCCN(C)C. The van der Waals surface area contributed by atoms with E-state index < -0.39 is 0 Å². The Morgan fingerprint density at radius 2 is 1.74 bits per heavy atom. The number of hydrogen-bond donors (Lipinski definition) is 1. The maximum Gasteiger partial charge on any atom is 0.319 e. The van der Waals surface area contributed by atoms with Gasteiger partial charge in [-0.25, -0.2) is 0 Å². The lowest BCUT2D eigenvalue weighted by Crippen LogP contribution is -2.27. The summed E-state index contributed by atoms with van der Waals surface area (Å²) < 4.78 is 5.16. The molecule has 0 atom stereocenters. The molecule has 0 radical (unpaired) electrons. The van der Waals surface area contributed by atoms with Crippen LogP contribution in [0, 0.1) is 0 Å². The number of nitrogens with zero attached hydrogens (tertiary/aromatic N) is 1. The molecule has 0 aliphatic rings. The lowest BCUT2D eigenvalue weighted by Gasteiger charge is -2.09. The Morgan fingerprint density at radius 1 is 1.05 bits per heavy atom. The molecule has 0 aliphatic carbocycles. The minimum Gasteiger partial charge on any atom is -0.465 e. The molecule has 0 rings (SSSR count). The first-order valence-electron chi connectivity index (χ1n) is 7.68. The van der Waals surface area contributed by atoms with Crippen LogP contribution in [0.3, 0.4) is 0 Å². The lowest BCUT2D eigenvalue weighted by atomic mass is 10.1. The molecule has 1 N–H and O–H groups in total. The third-order valence-corrected chi connectivity index (χ3v) is 2.99. The van der Waals surface area contributed by atoms with Crippen molar-refractivity contribution < 1.29 is 9.53 Å². The smallest absolute Gasteiger partial charge is 0.319 e. The highest BCUT2D eigenvalue weighted by molar-refractivity contribution is 5.71. The maximum absolute atomic E-state index is 11.4. The molecule has 0 unspecified atom stereocenters. The Bertz CT molecular complexity index is 208. The zero-order valence-electron chi connectivity index (χ0n) is 13.0. The average molecular weight is 272 g/mol. The van der Waals surface area contributed by atoms with Crippen LogP contribution in [-0.4, -0.2) is 51.2 Å². The molecule has 0 aromatic carbocycles. The van der Waals surface area contributed by atoms with Crippen molar-refractivity contribution in [3.8, 4) is 0 Å². The molecule has 0 fully saturated rings. The second-order valence-electron chi connectivity index (χ2n) is 5.32. The van der Waals surface area contributed by atoms with Gasteiger partial charge in [-0.05, 0) is 40.0 Å². The molecular formula is C15H32N2O2. The first kappa shape index (κ1) is 18.4. The van der Waals surface area contributed by atoms with Crippen LogP contribution in [0.15, 0.2) is 0 Å². The fraction of sp³-hybridized carbons (Fsp3) is 0.933. The first-order chi connectivity index (χ1) is 9.16. The van der Waals surface area contributed by atoms with Gasteiger partial charge in [-0.15, -0.1) is 0 Å². The summed E-state index contributed by atoms with van der Waals surface area (Å²) in [5.74, 6) is -0.126. The molecular weight excluding hydrogens is 240 g/mol. The van der Waals surface area contributed by atoms with Gasteiger partial charge >= 0.3 is 5.97 Å². The van der Waals surface area contributed by atoms with Crippen LogP contribution in [0.1, 0.15) is 51.9 Å². The predicted octanol–water partition coefficient (Wildman–Crippen LogP) is 2.43. The molecule has 4 heteroatoms. The van der Waals surface area contributed by atoms with Crippen LogP contribution in [0.25, 0.3) is 0 Å². The van der Waals surface area contributed by atoms with E-state index >= 15 is 0 Å². The fourth-order valence-electron chi connectivity index (χ4n) is 1.83. The Morgan fingerprint density at radius 3 is 2.42 bits per heavy atom. The summed E-state index contributed by atoms with van der Waals surface area (Å²) in [4.78, 5) is 13.5. The van der Waals surface area contributed by atoms with Crippen molar-refractivity contribution in [2.45, 2.75) is 51.9 Å². The van der Waals surface area contributed by atoms with E-state index in [1.807, 2.05) is 0 Å². The van der Waals surface area contributed by atoms with Crippen molar-refractivity contribution in [1.29, 1.82) is 0 Å². The van der Waals surface area contributed by atoms with Crippen molar-refractivity contribution in [3.63, 3.8) is 0 Å². The summed E-state index contributed by atoms with van der Waals surface area (Å²) >= 11 is 0. The van der Waals surface area contributed by atoms with Gasteiger partial charge in [0, 0.05) is 0 Å². The summed E-state index contributed by atoms with van der Waals surface area (Å²) in [5.41, 5.74) is 0. The number of hydrogen-bond acceptors (Lipinski definition) is 4. The summed E-state index contributed by atoms with van der Waals surface area (Å²) in [7, 11) is 4.10. The molecule has 0 aromatic heterocycles. The third-order valence-electron chi connectivity index (χ3n) is 2.99. The van der Waals surface area contributed by atoms with E-state index in [4.69, 9.17) is 4.74 Å². The van der Waals surface area contributed by atoms with Crippen molar-refractivity contribution in [2.75, 3.05) is 40.3 Å². The van der Waals surface area contributed by atoms with Crippen molar-refractivity contribution in [3.05, 3.63) is 0 Å². The van der Waals surface area contributed by atoms with Crippen molar-refractivity contribution in [1.82, 2.24) is 10.2 Å². The second kappa shape index (κ2) is 13.8. The quantitative estimate of drug-likeness (QED) is 0.413. The molecule has 19 heavy (non-hydrogen) atoms. The number of rotatable bonds is 13. The molecule has 0 aliphatic heterocycles. The minimum atomic E-state index is -0.126. The monoisotopic (exact) mass is 272 g/mol. The number of unbranched alkanes of at least 4 members (excludes halogenated alkanes) is 5. The predicted molar refractivity (Wildman–Crippen MR) is 80.4 cm³/mol. The van der Waals surface area contributed by atoms with Gasteiger partial charge in [0.2, 0.25) is 0 Å². The van der Waals surface area contributed by atoms with Crippen molar-refractivity contribution >= 4 is 5.97 Å². The van der Waals surface area contributed by atoms with E-state index in [-0.39, 0.29) is 5.97 Å². The van der Waals surface area contributed by atoms with E-state index in [1.165, 1.54) is 32.1 Å². The van der Waals surface area contributed by atoms with Crippen LogP contribution in [0.4, 0.5) is 0 Å². The number of nitrogens with one attached hydrogen (secondary N) is 1. The summed E-state index contributed by atoms with van der Waals surface area (Å²) in [6.45, 7) is 5.03. The van der Waals surface area contributed by atoms with E-state index in [1.54, 1.807) is 0 Å². The van der Waals surface area contributed by atoms with Gasteiger partial charge in [-0.3, -0.25) is 4.79 Å². The van der Waals surface area contributed by atoms with E-state index in [2.05, 4.69) is 31.2 Å². The first-order valence-corrected chi connectivity index (χ1v) is 7.68. The number of carbonyl (C=O) groups is 1. The molecule has 0 heterocycles. The highest BCUT2D eigenvalue weighted by Crippen LogP contribution is 2.04. The number of esters is 1. The second-order valence-corrected chi connectivity index (χ2v) is 5.32. The highest BCUT2D eigenvalue weighted by atomic mass is 16.5. The van der Waals surface area contributed by atoms with Crippen LogP contribution in [-0.2, 0) is 9.53 Å². The molecule has 0 bridgehead atoms. The van der Waals surface area contributed by atoms with E-state index in [0.29, 0.717) is 13.2 Å². The van der Waals surface area contributed by atoms with Gasteiger partial charge < -0.3 is 15.0 Å². The Balaban J connectivity index is 3.17. The molecule has 0 spiro atoms. The molecule has 4 nitrogen and oxygen atoms in total. The van der Waals surface area contributed by atoms with Gasteiger partial charge in [0.15, 0.2) is 0 Å². The lowest BCUT2D eigenvalue weighted by molar-refractivity contribution is -0.142. The molecule has 114 valence electrons. The standard InChI is InChI=1S/C15H32N2O2/c1-4-5-6-7-8-9-13-19-15(18)14-16-11-10-12-17(2)3/h16H,4-14H2,1-3H3. The largest absolute Gasteiger partial charge is 0.465 e. The van der Waals surface area contributed by atoms with Gasteiger partial charge in [-0.2, -0.15) is 0 Å². The summed E-state index contributed by atoms with van der Waals surface area (Å²) in [6, 6.07) is 0. The highest BCUT2D eigenvalue weighted by Gasteiger charge is 2.01. The number of ether oxygens (including phenoxy) is 1. The van der Waals surface area contributed by atoms with Crippen molar-refractivity contribution in [2.24, 2.45) is 0 Å². The topological polar surface area (TPSA) is 41.6 Å². The van der Waals surface area contributed by atoms with E-state index in [0.717, 1.165) is 25.9 Å². The Labute approximate surface area is 118 Å². The maximum atomic E-state index is 11.4. The molecule has 0 amide bonds. The normalized spacial score (nSPS) is 10.9. The average Bonchev–Trinajstić information content (AvgIpc) is 2.37. The Hall–Kier alpha value is -0.610. The van der Waals surface area contributed by atoms with Gasteiger partial charge in [0.05, 0.1) is 13.2 Å². The van der Waals surface area contributed by atoms with E-state index in [9.17, 15) is 4.79 Å². The number of carbonyl (C=O) groups excluding carboxylic acids is 1. The molecule has 0 saturated carbocycles. The minimum absolute atomic E-state index is 0.126. The summed E-state index contributed by atoms with van der Waals surface area (Å²) in [5, 5.41) is 3.11. The summed E-state index contributed by atoms with van der Waals surface area (Å²) in [6.07, 6.45) is 8.37. The van der Waals surface area contributed by atoms with Crippen LogP contribution >= 0.6 is 0 Å². The van der Waals surface area contributed by atoms with Gasteiger partial charge in [-0.1, -0.05) is 39.0 Å². The van der Waals surface area contributed by atoms with Crippen LogP contribution in [0.2, 0.25) is 0 Å². The van der Waals surface area contributed by atoms with Gasteiger partial charge in [0.1, 0.15) is 0 Å². The fourth-order valence-corrected chi connectivity index (χ4v) is 1.83. The molecule has 0 aromatic rings. The van der Waals surface area contributed by atoms with Gasteiger partial charge in [0.25, 0.3) is 0 Å². The Kier molecular flexibility index (Phi) is 13.4. The third kappa shape index (κ3) is 15.3. The van der Waals surface area contributed by atoms with Crippen LogP contribution in [0.5, 0.6) is 0 Å².